The van der Waals surface area contributed by atoms with Gasteiger partial charge in [-0.2, -0.15) is 5.10 Å². The van der Waals surface area contributed by atoms with Crippen molar-refractivity contribution in [2.75, 3.05) is 14.2 Å². The average molecular weight is 479 g/mol. The minimum atomic E-state index is -0.825. The molecule has 2 N–H and O–H groups in total. The Kier molecular flexibility index (Phi) is 7.76. The SMILES string of the molecule is COc1cc([C@@H](O)[C@H](CC2Cc3ccccc3C2)Cn2cc(CCC(=O)O)cn2)cc(OC)c1C. The summed E-state index contributed by atoms with van der Waals surface area (Å²) >= 11 is 0. The first-order valence-electron chi connectivity index (χ1n) is 12.1. The van der Waals surface area contributed by atoms with E-state index in [2.05, 4.69) is 29.4 Å². The Hall–Kier alpha value is -3.32. The van der Waals surface area contributed by atoms with Crippen LogP contribution >= 0.6 is 0 Å². The monoisotopic (exact) mass is 478 g/mol. The summed E-state index contributed by atoms with van der Waals surface area (Å²) in [4.78, 5) is 10.9. The second-order valence-corrected chi connectivity index (χ2v) is 9.50. The fourth-order valence-corrected chi connectivity index (χ4v) is 5.22. The maximum atomic E-state index is 11.6. The predicted molar refractivity (Wildman–Crippen MR) is 133 cm³/mol. The van der Waals surface area contributed by atoms with Gasteiger partial charge in [-0.1, -0.05) is 24.3 Å². The van der Waals surface area contributed by atoms with Crippen molar-refractivity contribution in [1.29, 1.82) is 0 Å². The fraction of sp³-hybridized carbons (Fsp3) is 0.429. The standard InChI is InChI=1S/C28H34N2O5/c1-18-25(34-2)13-23(14-26(18)35-3)28(33)24(12-20-10-21-6-4-5-7-22(21)11-20)17-30-16-19(15-29-30)8-9-27(31)32/h4-7,13-16,20,24,28,33H,8-12,17H2,1-3H3,(H,31,32)/t24-,28-/m1/s1. The maximum absolute atomic E-state index is 11.6. The smallest absolute Gasteiger partial charge is 0.303 e. The summed E-state index contributed by atoms with van der Waals surface area (Å²) in [6, 6.07) is 12.3. The van der Waals surface area contributed by atoms with Crippen LogP contribution in [0.5, 0.6) is 11.5 Å². The van der Waals surface area contributed by atoms with Crippen molar-refractivity contribution in [2.45, 2.75) is 51.7 Å². The molecule has 4 rings (SSSR count). The van der Waals surface area contributed by atoms with Crippen LogP contribution in [0.2, 0.25) is 0 Å². The van der Waals surface area contributed by atoms with Gasteiger partial charge >= 0.3 is 5.97 Å². The van der Waals surface area contributed by atoms with E-state index in [-0.39, 0.29) is 12.3 Å². The molecule has 0 radical (unpaired) electrons. The molecule has 1 aliphatic carbocycles. The number of carboxylic acid groups (broad SMARTS) is 1. The van der Waals surface area contributed by atoms with E-state index in [0.717, 1.165) is 36.0 Å². The van der Waals surface area contributed by atoms with Gasteiger partial charge in [-0.05, 0) is 72.9 Å². The lowest BCUT2D eigenvalue weighted by molar-refractivity contribution is -0.136. The molecule has 0 unspecified atom stereocenters. The lowest BCUT2D eigenvalue weighted by Gasteiger charge is -2.27. The zero-order chi connectivity index (χ0) is 24.9. The highest BCUT2D eigenvalue weighted by molar-refractivity contribution is 5.67. The lowest BCUT2D eigenvalue weighted by Crippen LogP contribution is -2.23. The van der Waals surface area contributed by atoms with Gasteiger partial charge in [-0.3, -0.25) is 9.48 Å². The highest BCUT2D eigenvalue weighted by Gasteiger charge is 2.30. The van der Waals surface area contributed by atoms with Gasteiger partial charge in [0.2, 0.25) is 0 Å². The molecule has 0 amide bonds. The van der Waals surface area contributed by atoms with Gasteiger partial charge in [-0.25, -0.2) is 0 Å². The Balaban J connectivity index is 1.58. The van der Waals surface area contributed by atoms with E-state index in [1.54, 1.807) is 20.4 Å². The normalized spacial score (nSPS) is 15.0. The Labute approximate surface area is 206 Å². The number of aromatic nitrogens is 2. The fourth-order valence-electron chi connectivity index (χ4n) is 5.22. The summed E-state index contributed by atoms with van der Waals surface area (Å²) in [6.45, 7) is 2.46. The molecule has 2 atom stereocenters. The number of hydrogen-bond donors (Lipinski definition) is 2. The number of rotatable bonds is 11. The molecule has 2 aromatic carbocycles. The Bertz CT molecular complexity index is 1120. The van der Waals surface area contributed by atoms with Gasteiger partial charge < -0.3 is 19.7 Å². The molecule has 1 aliphatic rings. The summed E-state index contributed by atoms with van der Waals surface area (Å²) in [5.41, 5.74) is 5.30. The Morgan fingerprint density at radius 3 is 2.34 bits per heavy atom. The van der Waals surface area contributed by atoms with Crippen molar-refractivity contribution < 1.29 is 24.5 Å². The Morgan fingerprint density at radius 1 is 1.14 bits per heavy atom. The topological polar surface area (TPSA) is 93.8 Å². The van der Waals surface area contributed by atoms with Crippen molar-refractivity contribution in [1.82, 2.24) is 9.78 Å². The molecular formula is C28H34N2O5. The number of methoxy groups -OCH3 is 2. The zero-order valence-electron chi connectivity index (χ0n) is 20.6. The molecule has 0 saturated carbocycles. The van der Waals surface area contributed by atoms with Crippen LogP contribution < -0.4 is 9.47 Å². The molecule has 0 fully saturated rings. The molecular weight excluding hydrogens is 444 g/mol. The molecule has 0 spiro atoms. The van der Waals surface area contributed by atoms with Crippen LogP contribution in [0.25, 0.3) is 0 Å². The summed E-state index contributed by atoms with van der Waals surface area (Å²) in [5, 5.41) is 25.1. The molecule has 0 aliphatic heterocycles. The highest BCUT2D eigenvalue weighted by atomic mass is 16.5. The second kappa shape index (κ2) is 11.0. The van der Waals surface area contributed by atoms with Gasteiger partial charge in [0.25, 0.3) is 0 Å². The number of carboxylic acids is 1. The van der Waals surface area contributed by atoms with Crippen molar-refractivity contribution in [3.63, 3.8) is 0 Å². The van der Waals surface area contributed by atoms with Gasteiger partial charge in [-0.15, -0.1) is 0 Å². The van der Waals surface area contributed by atoms with Crippen LogP contribution in [0.1, 0.15) is 46.8 Å². The minimum absolute atomic E-state index is 0.0705. The quantitative estimate of drug-likeness (QED) is 0.425. The number of aliphatic carboxylic acids is 1. The molecule has 7 nitrogen and oxygen atoms in total. The van der Waals surface area contributed by atoms with Gasteiger partial charge in [0.15, 0.2) is 0 Å². The third-order valence-corrected chi connectivity index (χ3v) is 7.07. The summed E-state index contributed by atoms with van der Waals surface area (Å²) < 4.78 is 12.9. The largest absolute Gasteiger partial charge is 0.496 e. The number of nitrogens with zero attached hydrogens (tertiary/aromatic N) is 2. The molecule has 7 heteroatoms. The number of fused-ring (bicyclic) bond motifs is 1. The molecule has 1 heterocycles. The molecule has 3 aromatic rings. The van der Waals surface area contributed by atoms with Crippen molar-refractivity contribution in [3.8, 4) is 11.5 Å². The molecule has 35 heavy (non-hydrogen) atoms. The molecule has 186 valence electrons. The van der Waals surface area contributed by atoms with Crippen LogP contribution in [0, 0.1) is 18.8 Å². The summed E-state index contributed by atoms with van der Waals surface area (Å²) in [5.74, 6) is 0.872. The van der Waals surface area contributed by atoms with E-state index in [1.165, 1.54) is 11.1 Å². The number of aryl methyl sites for hydroxylation is 1. The van der Waals surface area contributed by atoms with E-state index in [1.807, 2.05) is 29.9 Å². The first-order chi connectivity index (χ1) is 16.9. The van der Waals surface area contributed by atoms with E-state index in [0.29, 0.717) is 30.4 Å². The average Bonchev–Trinajstić information content (AvgIpc) is 3.48. The van der Waals surface area contributed by atoms with Gasteiger partial charge in [0.05, 0.1) is 26.5 Å². The van der Waals surface area contributed by atoms with Crippen LogP contribution in [-0.4, -0.2) is 40.2 Å². The number of carbonyl (C=O) groups is 1. The van der Waals surface area contributed by atoms with Gasteiger partial charge in [0, 0.05) is 30.6 Å². The molecule has 0 saturated heterocycles. The second-order valence-electron chi connectivity index (χ2n) is 9.50. The number of hydrogen-bond acceptors (Lipinski definition) is 5. The van der Waals surface area contributed by atoms with Crippen molar-refractivity contribution in [3.05, 3.63) is 76.6 Å². The number of ether oxygens (including phenoxy) is 2. The van der Waals surface area contributed by atoms with E-state index >= 15 is 0 Å². The molecule has 0 bridgehead atoms. The zero-order valence-corrected chi connectivity index (χ0v) is 20.6. The lowest BCUT2D eigenvalue weighted by atomic mass is 9.85. The van der Waals surface area contributed by atoms with Crippen molar-refractivity contribution in [2.24, 2.45) is 11.8 Å². The van der Waals surface area contributed by atoms with Crippen molar-refractivity contribution >= 4 is 5.97 Å². The summed E-state index contributed by atoms with van der Waals surface area (Å²) in [7, 11) is 3.24. The minimum Gasteiger partial charge on any atom is -0.496 e. The first kappa shape index (κ1) is 24.8. The third kappa shape index (κ3) is 5.85. The van der Waals surface area contributed by atoms with E-state index in [4.69, 9.17) is 14.6 Å². The number of benzene rings is 2. The number of aliphatic hydroxyl groups excluding tert-OH is 1. The van der Waals surface area contributed by atoms with Crippen LogP contribution in [0.3, 0.4) is 0 Å². The first-order valence-corrected chi connectivity index (χ1v) is 12.1. The van der Waals surface area contributed by atoms with E-state index < -0.39 is 12.1 Å². The van der Waals surface area contributed by atoms with Gasteiger partial charge in [0.1, 0.15) is 11.5 Å². The van der Waals surface area contributed by atoms with E-state index in [9.17, 15) is 9.90 Å². The van der Waals surface area contributed by atoms with Crippen LogP contribution in [0.15, 0.2) is 48.8 Å². The molecule has 1 aromatic heterocycles. The Morgan fingerprint density at radius 2 is 1.77 bits per heavy atom. The summed E-state index contributed by atoms with van der Waals surface area (Å²) in [6.07, 6.45) is 6.21. The number of aliphatic hydroxyl groups is 1. The maximum Gasteiger partial charge on any atom is 0.303 e. The predicted octanol–water partition coefficient (Wildman–Crippen LogP) is 4.38. The van der Waals surface area contributed by atoms with Crippen LogP contribution in [0.4, 0.5) is 0 Å². The third-order valence-electron chi connectivity index (χ3n) is 7.07. The highest BCUT2D eigenvalue weighted by Crippen LogP contribution is 2.39. The van der Waals surface area contributed by atoms with Crippen LogP contribution in [-0.2, 0) is 30.6 Å².